The minimum Gasteiger partial charge on any atom is -0.462 e. The fourth-order valence-electron chi connectivity index (χ4n) is 3.78. The average Bonchev–Trinajstić information content (AvgIpc) is 3.14. The van der Waals surface area contributed by atoms with Gasteiger partial charge in [0.05, 0.1) is 12.7 Å². The fraction of sp³-hybridized carbons (Fsp3) is 0.440. The summed E-state index contributed by atoms with van der Waals surface area (Å²) in [5.41, 5.74) is -4.10. The summed E-state index contributed by atoms with van der Waals surface area (Å²) >= 11 is 0. The summed E-state index contributed by atoms with van der Waals surface area (Å²) < 4.78 is 42.0. The Balaban J connectivity index is 1.93. The van der Waals surface area contributed by atoms with Crippen molar-refractivity contribution in [2.45, 2.75) is 63.9 Å². The van der Waals surface area contributed by atoms with Gasteiger partial charge in [0.15, 0.2) is 12.3 Å². The van der Waals surface area contributed by atoms with Crippen molar-refractivity contribution in [2.24, 2.45) is 0 Å². The van der Waals surface area contributed by atoms with E-state index < -0.39 is 73.7 Å². The lowest BCUT2D eigenvalue weighted by atomic mass is 9.94. The number of aliphatic hydroxyl groups is 1. The predicted molar refractivity (Wildman–Crippen MR) is 139 cm³/mol. The summed E-state index contributed by atoms with van der Waals surface area (Å²) in [4.78, 5) is 50.3. The minimum atomic E-state index is -4.39. The molecule has 1 aromatic carbocycles. The molecule has 1 saturated heterocycles. The van der Waals surface area contributed by atoms with Crippen LogP contribution < -0.4 is 20.9 Å². The molecule has 216 valence electrons. The van der Waals surface area contributed by atoms with Crippen molar-refractivity contribution in [2.75, 3.05) is 6.61 Å². The number of H-pyrrole nitrogens is 1. The minimum absolute atomic E-state index is 0.129. The number of carbonyl (C=O) groups is 2. The van der Waals surface area contributed by atoms with Gasteiger partial charge in [0.1, 0.15) is 17.9 Å². The summed E-state index contributed by atoms with van der Waals surface area (Å²) in [6, 6.07) is 7.77. The fourth-order valence-corrected chi connectivity index (χ4v) is 5.29. The number of terminal acetylenes is 1. The zero-order chi connectivity index (χ0) is 29.7. The molecule has 1 aliphatic heterocycles. The molecule has 40 heavy (non-hydrogen) atoms. The predicted octanol–water partition coefficient (Wildman–Crippen LogP) is 0.863. The molecule has 14 nitrogen and oxygen atoms in total. The number of para-hydroxylation sites is 1. The first-order chi connectivity index (χ1) is 18.8. The molecule has 2 heterocycles. The molecule has 1 fully saturated rings. The van der Waals surface area contributed by atoms with E-state index >= 15 is 0 Å². The second-order valence-corrected chi connectivity index (χ2v) is 10.8. The summed E-state index contributed by atoms with van der Waals surface area (Å²) in [7, 11) is -4.39. The van der Waals surface area contributed by atoms with Gasteiger partial charge >= 0.3 is 25.4 Å². The molecule has 0 amide bonds. The van der Waals surface area contributed by atoms with Crippen LogP contribution in [0.25, 0.3) is 0 Å². The lowest BCUT2D eigenvalue weighted by molar-refractivity contribution is -0.157. The van der Waals surface area contributed by atoms with Crippen molar-refractivity contribution in [3.05, 3.63) is 63.4 Å². The van der Waals surface area contributed by atoms with Crippen LogP contribution in [0, 0.1) is 12.3 Å². The molecule has 3 rings (SSSR count). The maximum atomic E-state index is 13.8. The highest BCUT2D eigenvalue weighted by Gasteiger charge is 2.59. The van der Waals surface area contributed by atoms with Crippen molar-refractivity contribution in [3.8, 4) is 18.1 Å². The molecule has 6 atom stereocenters. The Morgan fingerprint density at radius 1 is 1.25 bits per heavy atom. The van der Waals surface area contributed by atoms with E-state index in [1.165, 1.54) is 19.1 Å². The summed E-state index contributed by atoms with van der Waals surface area (Å²) in [6.07, 6.45) is 1.50. The quantitative estimate of drug-likeness (QED) is 0.194. The third-order valence-electron chi connectivity index (χ3n) is 5.51. The third kappa shape index (κ3) is 7.26. The van der Waals surface area contributed by atoms with Crippen molar-refractivity contribution in [3.63, 3.8) is 0 Å². The highest BCUT2D eigenvalue weighted by molar-refractivity contribution is 7.52. The van der Waals surface area contributed by atoms with E-state index in [-0.39, 0.29) is 5.75 Å². The Kier molecular flexibility index (Phi) is 9.73. The summed E-state index contributed by atoms with van der Waals surface area (Å²) in [5.74, 6) is 0.632. The normalized spacial score (nSPS) is 24.5. The Morgan fingerprint density at radius 2 is 1.93 bits per heavy atom. The molecule has 0 saturated carbocycles. The number of hydrogen-bond donors (Lipinski definition) is 3. The standard InChI is InChI=1S/C25H30N3O11P/c1-6-25(33)21(37-17(5)29)19(38-23(25)28-13-12-20(30)26-24(28)32)14-35-40(34,39-18-10-8-7-9-11-18)27-16(4)22(31)36-15(2)3/h1,7-13,15-16,19,21,23,33H,14H2,2-5H3,(H,27,34)(H,26,30,32)/t16-,19?,21+,23+,25+,40?/m0/s1. The van der Waals surface area contributed by atoms with Gasteiger partial charge in [-0.15, -0.1) is 6.42 Å². The van der Waals surface area contributed by atoms with E-state index in [0.717, 1.165) is 23.8 Å². The lowest BCUT2D eigenvalue weighted by Gasteiger charge is -2.29. The SMILES string of the molecule is C#C[C@@]1(O)[C@H](OC(C)=O)C(COP(=O)(N[C@@H](C)C(=O)OC(C)C)Oc2ccccc2)O[C@H]1n1ccc(=O)[nH]c1=O. The molecule has 0 bridgehead atoms. The van der Waals surface area contributed by atoms with E-state index in [1.807, 2.05) is 4.98 Å². The Morgan fingerprint density at radius 3 is 2.50 bits per heavy atom. The maximum Gasteiger partial charge on any atom is 0.459 e. The van der Waals surface area contributed by atoms with Crippen molar-refractivity contribution >= 4 is 19.7 Å². The first-order valence-electron chi connectivity index (χ1n) is 12.1. The highest BCUT2D eigenvalue weighted by atomic mass is 31.2. The smallest absolute Gasteiger partial charge is 0.459 e. The van der Waals surface area contributed by atoms with E-state index in [0.29, 0.717) is 0 Å². The first kappa shape index (κ1) is 30.8. The highest BCUT2D eigenvalue weighted by Crippen LogP contribution is 2.47. The summed E-state index contributed by atoms with van der Waals surface area (Å²) in [6.45, 7) is 5.06. The number of rotatable bonds is 11. The van der Waals surface area contributed by atoms with Crippen LogP contribution in [0.15, 0.2) is 52.2 Å². The molecular formula is C25H30N3O11P. The Bertz CT molecular complexity index is 1420. The maximum absolute atomic E-state index is 13.8. The van der Waals surface area contributed by atoms with Gasteiger partial charge < -0.3 is 23.8 Å². The monoisotopic (exact) mass is 579 g/mol. The topological polar surface area (TPSA) is 184 Å². The van der Waals surface area contributed by atoms with Crippen LogP contribution >= 0.6 is 7.75 Å². The van der Waals surface area contributed by atoms with E-state index in [4.69, 9.17) is 29.7 Å². The second kappa shape index (κ2) is 12.6. The van der Waals surface area contributed by atoms with E-state index in [9.17, 15) is 28.8 Å². The van der Waals surface area contributed by atoms with Crippen LogP contribution in [0.4, 0.5) is 0 Å². The third-order valence-corrected chi connectivity index (χ3v) is 7.16. The van der Waals surface area contributed by atoms with E-state index in [2.05, 4.69) is 11.0 Å². The molecule has 1 aliphatic rings. The molecule has 0 spiro atoms. The number of nitrogens with one attached hydrogen (secondary N) is 2. The molecule has 0 radical (unpaired) electrons. The van der Waals surface area contributed by atoms with Gasteiger partial charge in [0, 0.05) is 19.2 Å². The number of benzene rings is 1. The molecule has 2 unspecified atom stereocenters. The van der Waals surface area contributed by atoms with Crippen molar-refractivity contribution in [1.29, 1.82) is 0 Å². The van der Waals surface area contributed by atoms with Gasteiger partial charge in [-0.3, -0.25) is 28.5 Å². The van der Waals surface area contributed by atoms with Crippen LogP contribution in [-0.4, -0.2) is 63.2 Å². The Labute approximate surface area is 229 Å². The molecule has 3 N–H and O–H groups in total. The molecular weight excluding hydrogens is 549 g/mol. The Hall–Kier alpha value is -3.73. The lowest BCUT2D eigenvalue weighted by Crippen LogP contribution is -2.50. The largest absolute Gasteiger partial charge is 0.462 e. The van der Waals surface area contributed by atoms with Gasteiger partial charge in [-0.2, -0.15) is 5.09 Å². The second-order valence-electron chi connectivity index (χ2n) is 9.08. The number of nitrogens with zero attached hydrogens (tertiary/aromatic N) is 1. The average molecular weight is 579 g/mol. The van der Waals surface area contributed by atoms with Crippen LogP contribution in [0.1, 0.15) is 33.9 Å². The van der Waals surface area contributed by atoms with Crippen LogP contribution in [0.3, 0.4) is 0 Å². The number of aromatic nitrogens is 2. The van der Waals surface area contributed by atoms with Gasteiger partial charge in [-0.25, -0.2) is 9.36 Å². The van der Waals surface area contributed by atoms with Gasteiger partial charge in [-0.05, 0) is 32.9 Å². The number of esters is 2. The molecule has 15 heteroatoms. The van der Waals surface area contributed by atoms with E-state index in [1.54, 1.807) is 32.0 Å². The van der Waals surface area contributed by atoms with Gasteiger partial charge in [0.2, 0.25) is 5.60 Å². The zero-order valence-electron chi connectivity index (χ0n) is 22.1. The molecule has 0 aliphatic carbocycles. The molecule has 2 aromatic rings. The van der Waals surface area contributed by atoms with Gasteiger partial charge in [-0.1, -0.05) is 24.1 Å². The zero-order valence-corrected chi connectivity index (χ0v) is 23.0. The number of carbonyl (C=O) groups excluding carboxylic acids is 2. The first-order valence-corrected chi connectivity index (χ1v) is 13.6. The molecule has 1 aromatic heterocycles. The van der Waals surface area contributed by atoms with Crippen molar-refractivity contribution in [1.82, 2.24) is 14.6 Å². The van der Waals surface area contributed by atoms with Gasteiger partial charge in [0.25, 0.3) is 5.56 Å². The number of aromatic amines is 1. The van der Waals surface area contributed by atoms with Crippen molar-refractivity contribution < 1.29 is 42.5 Å². The van der Waals surface area contributed by atoms with Crippen LogP contribution in [0.2, 0.25) is 0 Å². The number of ether oxygens (including phenoxy) is 3. The number of hydrogen-bond acceptors (Lipinski definition) is 11. The van der Waals surface area contributed by atoms with Crippen LogP contribution in [0.5, 0.6) is 5.75 Å². The summed E-state index contributed by atoms with van der Waals surface area (Å²) in [5, 5.41) is 13.8. The van der Waals surface area contributed by atoms with Crippen LogP contribution in [-0.2, 0) is 32.9 Å².